The van der Waals surface area contributed by atoms with Gasteiger partial charge in [0.15, 0.2) is 0 Å². The molecule has 1 saturated heterocycles. The summed E-state index contributed by atoms with van der Waals surface area (Å²) in [4.78, 5) is 10.3. The maximum Gasteiger partial charge on any atom is 0.137 e. The summed E-state index contributed by atoms with van der Waals surface area (Å²) in [5.41, 5.74) is 2.64. The molecule has 0 amide bonds. The Balaban J connectivity index is 1.61. The van der Waals surface area contributed by atoms with E-state index in [-0.39, 0.29) is 0 Å². The van der Waals surface area contributed by atoms with E-state index >= 15 is 0 Å². The third-order valence-corrected chi connectivity index (χ3v) is 4.67. The number of aromatic nitrogens is 2. The fraction of sp³-hybridized carbons (Fsp3) is 0.438. The molecule has 2 aromatic rings. The molecule has 3 nitrogen and oxygen atoms in total. The number of nitrogens with zero attached hydrogens (tertiary/aromatic N) is 2. The van der Waals surface area contributed by atoms with Crippen LogP contribution in [-0.2, 0) is 6.54 Å². The number of H-pyrrole nitrogens is 1. The number of aromatic amines is 1. The molecule has 3 heteroatoms. The van der Waals surface area contributed by atoms with E-state index in [1.165, 1.54) is 36.9 Å². The van der Waals surface area contributed by atoms with Crippen LogP contribution in [0.3, 0.4) is 0 Å². The summed E-state index contributed by atoms with van der Waals surface area (Å²) in [6.45, 7) is 2.36. The highest BCUT2D eigenvalue weighted by Crippen LogP contribution is 2.38. The lowest BCUT2D eigenvalue weighted by molar-refractivity contribution is 0.205. The fourth-order valence-electron chi connectivity index (χ4n) is 3.74. The summed E-state index contributed by atoms with van der Waals surface area (Å²) in [5.74, 6) is 1.95. The van der Waals surface area contributed by atoms with Crippen molar-refractivity contribution >= 4 is 0 Å². The second kappa shape index (κ2) is 4.49. The van der Waals surface area contributed by atoms with Crippen molar-refractivity contribution < 1.29 is 0 Å². The Kier molecular flexibility index (Phi) is 2.66. The molecule has 2 bridgehead atoms. The number of piperidine rings is 1. The topological polar surface area (TPSA) is 31.9 Å². The summed E-state index contributed by atoms with van der Waals surface area (Å²) < 4.78 is 0. The monoisotopic (exact) mass is 253 g/mol. The molecule has 1 saturated carbocycles. The quantitative estimate of drug-likeness (QED) is 0.911. The van der Waals surface area contributed by atoms with Gasteiger partial charge in [0, 0.05) is 37.1 Å². The average Bonchev–Trinajstić information content (AvgIpc) is 3.17. The Bertz CT molecular complexity index is 561. The minimum atomic E-state index is 0.828. The van der Waals surface area contributed by atoms with Crippen LogP contribution in [0, 0.1) is 5.92 Å². The molecule has 1 aromatic carbocycles. The molecule has 19 heavy (non-hydrogen) atoms. The van der Waals surface area contributed by atoms with Gasteiger partial charge in [-0.3, -0.25) is 4.90 Å². The second-order valence-electron chi connectivity index (χ2n) is 5.86. The van der Waals surface area contributed by atoms with Crippen molar-refractivity contribution in [3.05, 3.63) is 42.2 Å². The van der Waals surface area contributed by atoms with Crippen molar-refractivity contribution in [2.45, 2.75) is 31.8 Å². The van der Waals surface area contributed by atoms with Gasteiger partial charge in [-0.25, -0.2) is 4.98 Å². The van der Waals surface area contributed by atoms with Crippen LogP contribution in [0.25, 0.3) is 11.4 Å². The maximum absolute atomic E-state index is 4.40. The van der Waals surface area contributed by atoms with Crippen molar-refractivity contribution in [2.24, 2.45) is 5.92 Å². The van der Waals surface area contributed by atoms with Gasteiger partial charge in [0.2, 0.25) is 0 Å². The summed E-state index contributed by atoms with van der Waals surface area (Å²) in [5, 5.41) is 0. The number of benzene rings is 1. The van der Waals surface area contributed by atoms with Crippen LogP contribution in [0.4, 0.5) is 0 Å². The average molecular weight is 253 g/mol. The van der Waals surface area contributed by atoms with Crippen molar-refractivity contribution in [2.75, 3.05) is 6.54 Å². The molecule has 1 aliphatic carbocycles. The number of imidazole rings is 1. The molecule has 0 spiro atoms. The van der Waals surface area contributed by atoms with Crippen LogP contribution < -0.4 is 0 Å². The number of nitrogens with one attached hydrogen (secondary N) is 1. The van der Waals surface area contributed by atoms with Gasteiger partial charge in [-0.2, -0.15) is 0 Å². The largest absolute Gasteiger partial charge is 0.345 e. The summed E-state index contributed by atoms with van der Waals surface area (Å²) >= 11 is 0. The van der Waals surface area contributed by atoms with E-state index in [0.29, 0.717) is 0 Å². The zero-order chi connectivity index (χ0) is 12.7. The van der Waals surface area contributed by atoms with Gasteiger partial charge < -0.3 is 4.98 Å². The standard InChI is InChI=1S/C16H19N3/c1-2-4-15(16-17-7-8-18-16)13(3-1)11-19-10-12-5-6-14(19)9-12/h1-4,7-8,12,14H,5-6,9-11H2,(H,17,18)/t12-,14-/m0/s1. The lowest BCUT2D eigenvalue weighted by Crippen LogP contribution is -2.31. The summed E-state index contributed by atoms with van der Waals surface area (Å²) in [6.07, 6.45) is 7.98. The first-order valence-electron chi connectivity index (χ1n) is 7.22. The van der Waals surface area contributed by atoms with Crippen molar-refractivity contribution in [1.82, 2.24) is 14.9 Å². The second-order valence-corrected chi connectivity index (χ2v) is 5.86. The lowest BCUT2D eigenvalue weighted by atomic mass is 10.0. The summed E-state index contributed by atoms with van der Waals surface area (Å²) in [6, 6.07) is 9.47. The minimum absolute atomic E-state index is 0.828. The van der Waals surface area contributed by atoms with E-state index in [4.69, 9.17) is 0 Å². The van der Waals surface area contributed by atoms with E-state index in [9.17, 15) is 0 Å². The molecule has 2 atom stereocenters. The van der Waals surface area contributed by atoms with Crippen LogP contribution in [0.1, 0.15) is 24.8 Å². The molecule has 1 aromatic heterocycles. The van der Waals surface area contributed by atoms with Crippen molar-refractivity contribution in [1.29, 1.82) is 0 Å². The predicted molar refractivity (Wildman–Crippen MR) is 75.6 cm³/mol. The third kappa shape index (κ3) is 1.98. The Labute approximate surface area is 113 Å². The summed E-state index contributed by atoms with van der Waals surface area (Å²) in [7, 11) is 0. The Morgan fingerprint density at radius 3 is 2.95 bits per heavy atom. The SMILES string of the molecule is c1ccc(-c2ncc[nH]2)c(CN2C[C@H]3CC[C@H]2C3)c1. The van der Waals surface area contributed by atoms with Crippen LogP contribution in [-0.4, -0.2) is 27.5 Å². The van der Waals surface area contributed by atoms with E-state index in [1.807, 2.05) is 12.4 Å². The maximum atomic E-state index is 4.40. The van der Waals surface area contributed by atoms with Crippen LogP contribution >= 0.6 is 0 Å². The normalized spacial score (nSPS) is 26.1. The minimum Gasteiger partial charge on any atom is -0.345 e. The van der Waals surface area contributed by atoms with Gasteiger partial charge in [0.25, 0.3) is 0 Å². The highest BCUT2D eigenvalue weighted by molar-refractivity contribution is 5.59. The molecule has 2 heterocycles. The van der Waals surface area contributed by atoms with Gasteiger partial charge in [-0.15, -0.1) is 0 Å². The third-order valence-electron chi connectivity index (χ3n) is 4.67. The highest BCUT2D eigenvalue weighted by atomic mass is 15.2. The predicted octanol–water partition coefficient (Wildman–Crippen LogP) is 3.06. The van der Waals surface area contributed by atoms with E-state index in [0.717, 1.165) is 24.3 Å². The lowest BCUT2D eigenvalue weighted by Gasteiger charge is -2.27. The number of fused-ring (bicyclic) bond motifs is 2. The van der Waals surface area contributed by atoms with Gasteiger partial charge in [0.05, 0.1) is 0 Å². The molecule has 0 radical (unpaired) electrons. The van der Waals surface area contributed by atoms with Gasteiger partial charge in [-0.05, 0) is 30.7 Å². The smallest absolute Gasteiger partial charge is 0.137 e. The van der Waals surface area contributed by atoms with Crippen LogP contribution in [0.15, 0.2) is 36.7 Å². The number of hydrogen-bond acceptors (Lipinski definition) is 2. The molecular formula is C16H19N3. The Morgan fingerprint density at radius 1 is 1.26 bits per heavy atom. The van der Waals surface area contributed by atoms with E-state index in [1.54, 1.807) is 0 Å². The zero-order valence-electron chi connectivity index (χ0n) is 11.0. The highest BCUT2D eigenvalue weighted by Gasteiger charge is 2.37. The van der Waals surface area contributed by atoms with Crippen LogP contribution in [0.2, 0.25) is 0 Å². The zero-order valence-corrected chi connectivity index (χ0v) is 11.0. The van der Waals surface area contributed by atoms with E-state index in [2.05, 4.69) is 39.1 Å². The molecule has 1 N–H and O–H groups in total. The number of rotatable bonds is 3. The Morgan fingerprint density at radius 2 is 2.21 bits per heavy atom. The van der Waals surface area contributed by atoms with Gasteiger partial charge >= 0.3 is 0 Å². The molecular weight excluding hydrogens is 234 g/mol. The number of hydrogen-bond donors (Lipinski definition) is 1. The van der Waals surface area contributed by atoms with Crippen molar-refractivity contribution in [3.8, 4) is 11.4 Å². The molecule has 1 aliphatic heterocycles. The first-order chi connectivity index (χ1) is 9.40. The number of likely N-dealkylation sites (tertiary alicyclic amines) is 1. The fourth-order valence-corrected chi connectivity index (χ4v) is 3.74. The molecule has 2 aliphatic rings. The molecule has 0 unspecified atom stereocenters. The molecule has 2 fully saturated rings. The van der Waals surface area contributed by atoms with Gasteiger partial charge in [-0.1, -0.05) is 24.3 Å². The Hall–Kier alpha value is -1.61. The van der Waals surface area contributed by atoms with Gasteiger partial charge in [0.1, 0.15) is 5.82 Å². The van der Waals surface area contributed by atoms with Crippen LogP contribution in [0.5, 0.6) is 0 Å². The molecule has 98 valence electrons. The van der Waals surface area contributed by atoms with E-state index < -0.39 is 0 Å². The molecule has 4 rings (SSSR count). The first-order valence-corrected chi connectivity index (χ1v) is 7.22. The first kappa shape index (κ1) is 11.2. The van der Waals surface area contributed by atoms with Crippen molar-refractivity contribution in [3.63, 3.8) is 0 Å².